The molecule has 9 heteroatoms. The van der Waals surface area contributed by atoms with Gasteiger partial charge in [-0.3, -0.25) is 4.79 Å². The number of piperidine rings is 1. The minimum atomic E-state index is -4.41. The van der Waals surface area contributed by atoms with E-state index in [0.717, 1.165) is 0 Å². The monoisotopic (exact) mass is 307 g/mol. The Hall–Kier alpha value is -1.64. The molecule has 0 N–H and O–H groups in total. The molecule has 0 radical (unpaired) electrons. The van der Waals surface area contributed by atoms with E-state index in [-0.39, 0.29) is 5.92 Å². The Balaban J connectivity index is 1.74. The second kappa shape index (κ2) is 6.42. The highest BCUT2D eigenvalue weighted by Gasteiger charge is 2.30. The number of amides is 1. The summed E-state index contributed by atoms with van der Waals surface area (Å²) in [6.07, 6.45) is -3.12. The lowest BCUT2D eigenvalue weighted by atomic mass is 9.97. The van der Waals surface area contributed by atoms with Crippen molar-refractivity contribution in [3.63, 3.8) is 0 Å². The number of ether oxygens (including phenoxy) is 1. The fraction of sp³-hybridized carbons (Fsp3) is 0.750. The highest BCUT2D eigenvalue weighted by Crippen LogP contribution is 2.26. The van der Waals surface area contributed by atoms with Crippen molar-refractivity contribution in [1.82, 2.24) is 15.0 Å². The van der Waals surface area contributed by atoms with Gasteiger partial charge < -0.3 is 14.2 Å². The van der Waals surface area contributed by atoms with Gasteiger partial charge in [0.05, 0.1) is 0 Å². The summed E-state index contributed by atoms with van der Waals surface area (Å²) in [5.41, 5.74) is 0. The molecule has 0 aromatic carbocycles. The van der Waals surface area contributed by atoms with Crippen LogP contribution in [0.5, 0.6) is 0 Å². The molecule has 1 aliphatic rings. The number of likely N-dealkylation sites (tertiary alicyclic amines) is 1. The summed E-state index contributed by atoms with van der Waals surface area (Å²) in [6, 6.07) is 0. The van der Waals surface area contributed by atoms with E-state index in [0.29, 0.717) is 37.6 Å². The van der Waals surface area contributed by atoms with Crippen molar-refractivity contribution in [2.75, 3.05) is 26.3 Å². The second-order valence-corrected chi connectivity index (χ2v) is 4.94. The van der Waals surface area contributed by atoms with Crippen molar-refractivity contribution < 1.29 is 27.2 Å². The average Bonchev–Trinajstić information content (AvgIpc) is 2.84. The maximum atomic E-state index is 11.9. The highest BCUT2D eigenvalue weighted by molar-refractivity contribution is 5.77. The Morgan fingerprint density at radius 1 is 1.43 bits per heavy atom. The number of carbonyl (C=O) groups is 1. The van der Waals surface area contributed by atoms with E-state index in [1.165, 1.54) is 4.90 Å². The van der Waals surface area contributed by atoms with Crippen LogP contribution in [0.25, 0.3) is 0 Å². The number of carbonyl (C=O) groups excluding carboxylic acids is 1. The zero-order valence-electron chi connectivity index (χ0n) is 11.5. The van der Waals surface area contributed by atoms with Gasteiger partial charge in [0.25, 0.3) is 0 Å². The minimum absolute atomic E-state index is 0.0892. The molecule has 0 aliphatic carbocycles. The Bertz CT molecular complexity index is 482. The molecule has 118 valence electrons. The quantitative estimate of drug-likeness (QED) is 0.846. The van der Waals surface area contributed by atoms with Gasteiger partial charge in [0, 0.05) is 19.0 Å². The predicted molar refractivity (Wildman–Crippen MR) is 64.5 cm³/mol. The first-order chi connectivity index (χ1) is 9.85. The molecular formula is C12H16F3N3O3. The van der Waals surface area contributed by atoms with Crippen LogP contribution in [0.4, 0.5) is 13.2 Å². The fourth-order valence-corrected chi connectivity index (χ4v) is 2.20. The van der Waals surface area contributed by atoms with E-state index >= 15 is 0 Å². The minimum Gasteiger partial charge on any atom is -0.362 e. The van der Waals surface area contributed by atoms with Crippen LogP contribution in [-0.2, 0) is 9.53 Å². The Labute approximate surface area is 119 Å². The van der Waals surface area contributed by atoms with E-state index in [9.17, 15) is 18.0 Å². The maximum absolute atomic E-state index is 11.9. The molecule has 2 rings (SSSR count). The summed E-state index contributed by atoms with van der Waals surface area (Å²) in [4.78, 5) is 17.4. The van der Waals surface area contributed by atoms with Crippen molar-refractivity contribution in [3.05, 3.63) is 11.7 Å². The topological polar surface area (TPSA) is 68.5 Å². The zero-order chi connectivity index (χ0) is 15.5. The predicted octanol–water partition coefficient (Wildman–Crippen LogP) is 1.66. The molecule has 1 saturated heterocycles. The second-order valence-electron chi connectivity index (χ2n) is 4.94. The van der Waals surface area contributed by atoms with Crippen LogP contribution < -0.4 is 0 Å². The molecule has 2 heterocycles. The van der Waals surface area contributed by atoms with Gasteiger partial charge in [0.2, 0.25) is 11.8 Å². The van der Waals surface area contributed by atoms with Crippen molar-refractivity contribution in [2.45, 2.75) is 31.9 Å². The molecule has 1 aromatic rings. The van der Waals surface area contributed by atoms with Gasteiger partial charge in [-0.1, -0.05) is 5.16 Å². The molecule has 1 fully saturated rings. The summed E-state index contributed by atoms with van der Waals surface area (Å²) < 4.78 is 45.2. The number of aryl methyl sites for hydroxylation is 1. The molecule has 0 unspecified atom stereocenters. The summed E-state index contributed by atoms with van der Waals surface area (Å²) in [7, 11) is 0. The van der Waals surface area contributed by atoms with Gasteiger partial charge in [-0.05, 0) is 19.8 Å². The molecule has 0 saturated carbocycles. The van der Waals surface area contributed by atoms with E-state index in [4.69, 9.17) is 4.52 Å². The van der Waals surface area contributed by atoms with Crippen LogP contribution in [0.2, 0.25) is 0 Å². The number of aromatic nitrogens is 2. The number of halogens is 3. The van der Waals surface area contributed by atoms with Crippen LogP contribution in [0, 0.1) is 6.92 Å². The summed E-state index contributed by atoms with van der Waals surface area (Å²) in [6.45, 7) is 0.657. The lowest BCUT2D eigenvalue weighted by Gasteiger charge is -2.30. The number of hydrogen-bond donors (Lipinski definition) is 0. The largest absolute Gasteiger partial charge is 0.411 e. The van der Waals surface area contributed by atoms with Crippen LogP contribution in [0.3, 0.4) is 0 Å². The molecule has 1 amide bonds. The number of hydrogen-bond acceptors (Lipinski definition) is 5. The first-order valence-electron chi connectivity index (χ1n) is 6.57. The van der Waals surface area contributed by atoms with E-state index in [2.05, 4.69) is 14.9 Å². The molecule has 21 heavy (non-hydrogen) atoms. The van der Waals surface area contributed by atoms with Gasteiger partial charge in [-0.2, -0.15) is 18.2 Å². The molecule has 0 atom stereocenters. The molecule has 1 aromatic heterocycles. The molecule has 0 bridgehead atoms. The number of rotatable bonds is 4. The summed E-state index contributed by atoms with van der Waals surface area (Å²) in [5, 5.41) is 3.72. The summed E-state index contributed by atoms with van der Waals surface area (Å²) in [5.74, 6) is 0.766. The standard InChI is InChI=1S/C12H16F3N3O3/c1-8-16-11(21-17-8)9-2-4-18(5-3-9)10(19)6-20-7-12(13,14)15/h9H,2-7H2,1H3. The molecule has 6 nitrogen and oxygen atoms in total. The Morgan fingerprint density at radius 2 is 2.10 bits per heavy atom. The van der Waals surface area contributed by atoms with Crippen molar-refractivity contribution in [3.8, 4) is 0 Å². The van der Waals surface area contributed by atoms with Crippen LogP contribution in [0.1, 0.15) is 30.5 Å². The fourth-order valence-electron chi connectivity index (χ4n) is 2.20. The summed E-state index contributed by atoms with van der Waals surface area (Å²) >= 11 is 0. The smallest absolute Gasteiger partial charge is 0.362 e. The lowest BCUT2D eigenvalue weighted by molar-refractivity contribution is -0.178. The third kappa shape index (κ3) is 4.69. The maximum Gasteiger partial charge on any atom is 0.411 e. The van der Waals surface area contributed by atoms with Gasteiger partial charge in [0.1, 0.15) is 13.2 Å². The molecule has 1 aliphatic heterocycles. The van der Waals surface area contributed by atoms with Gasteiger partial charge in [-0.25, -0.2) is 0 Å². The van der Waals surface area contributed by atoms with Gasteiger partial charge in [0.15, 0.2) is 5.82 Å². The Kier molecular flexibility index (Phi) is 4.81. The number of nitrogens with zero attached hydrogens (tertiary/aromatic N) is 3. The van der Waals surface area contributed by atoms with Crippen LogP contribution >= 0.6 is 0 Å². The Morgan fingerprint density at radius 3 is 2.62 bits per heavy atom. The lowest BCUT2D eigenvalue weighted by Crippen LogP contribution is -2.40. The van der Waals surface area contributed by atoms with Crippen molar-refractivity contribution in [2.24, 2.45) is 0 Å². The number of alkyl halides is 3. The van der Waals surface area contributed by atoms with Crippen molar-refractivity contribution >= 4 is 5.91 Å². The van der Waals surface area contributed by atoms with Crippen molar-refractivity contribution in [1.29, 1.82) is 0 Å². The van der Waals surface area contributed by atoms with E-state index in [1.54, 1.807) is 6.92 Å². The van der Waals surface area contributed by atoms with Gasteiger partial charge in [-0.15, -0.1) is 0 Å². The SMILES string of the molecule is Cc1noc(C2CCN(C(=O)COCC(F)(F)F)CC2)n1. The van der Waals surface area contributed by atoms with Crippen LogP contribution in [0.15, 0.2) is 4.52 Å². The molecular weight excluding hydrogens is 291 g/mol. The zero-order valence-corrected chi connectivity index (χ0v) is 11.5. The third-order valence-corrected chi connectivity index (χ3v) is 3.23. The normalized spacial score (nSPS) is 17.2. The van der Waals surface area contributed by atoms with E-state index < -0.39 is 25.3 Å². The third-order valence-electron chi connectivity index (χ3n) is 3.23. The highest BCUT2D eigenvalue weighted by atomic mass is 19.4. The average molecular weight is 307 g/mol. The van der Waals surface area contributed by atoms with E-state index in [1.807, 2.05) is 0 Å². The first kappa shape index (κ1) is 15.7. The van der Waals surface area contributed by atoms with Crippen LogP contribution in [-0.4, -0.2) is 53.4 Å². The molecule has 0 spiro atoms. The first-order valence-corrected chi connectivity index (χ1v) is 6.57. The van der Waals surface area contributed by atoms with Gasteiger partial charge >= 0.3 is 6.18 Å².